The van der Waals surface area contributed by atoms with Crippen molar-refractivity contribution in [2.24, 2.45) is 0 Å². The maximum absolute atomic E-state index is 10.8. The van der Waals surface area contributed by atoms with Gasteiger partial charge in [0.25, 0.3) is 5.56 Å². The largest absolute Gasteiger partial charge is 0.299 e. The summed E-state index contributed by atoms with van der Waals surface area (Å²) in [6, 6.07) is 1.25. The minimum atomic E-state index is -0.299. The number of rotatable bonds is 0. The summed E-state index contributed by atoms with van der Waals surface area (Å²) >= 11 is 4.70. The zero-order chi connectivity index (χ0) is 8.43. The molecule has 0 radical (unpaired) electrons. The zero-order valence-corrected chi connectivity index (χ0v) is 6.64. The van der Waals surface area contributed by atoms with Crippen LogP contribution in [0, 0.1) is 4.77 Å². The van der Waals surface area contributed by atoms with Crippen LogP contribution in [0.4, 0.5) is 0 Å². The Labute approximate surface area is 67.5 Å². The number of hydrogen-bond donors (Lipinski definition) is 1. The topological polar surface area (TPSA) is 54.9 Å². The molecule has 1 aromatic heterocycles. The summed E-state index contributed by atoms with van der Waals surface area (Å²) in [6.45, 7) is 1.37. The highest BCUT2D eigenvalue weighted by molar-refractivity contribution is 7.71. The lowest BCUT2D eigenvalue weighted by atomic mass is 10.6. The fourth-order valence-electron chi connectivity index (χ4n) is 0.665. The lowest BCUT2D eigenvalue weighted by Gasteiger charge is -1.97. The van der Waals surface area contributed by atoms with Crippen LogP contribution in [-0.4, -0.2) is 15.5 Å². The first-order valence-electron chi connectivity index (χ1n) is 2.94. The molecule has 11 heavy (non-hydrogen) atoms. The van der Waals surface area contributed by atoms with Crippen molar-refractivity contribution in [3.8, 4) is 0 Å². The van der Waals surface area contributed by atoms with E-state index in [2.05, 4.69) is 4.98 Å². The van der Waals surface area contributed by atoms with E-state index in [1.54, 1.807) is 0 Å². The molecule has 0 saturated heterocycles. The summed E-state index contributed by atoms with van der Waals surface area (Å²) in [5, 5.41) is 0. The van der Waals surface area contributed by atoms with Crippen LogP contribution < -0.4 is 5.56 Å². The summed E-state index contributed by atoms with van der Waals surface area (Å²) in [5.74, 6) is -0.216. The van der Waals surface area contributed by atoms with Crippen LogP contribution in [0.3, 0.4) is 0 Å². The van der Waals surface area contributed by atoms with E-state index < -0.39 is 0 Å². The molecule has 1 N–H and O–H groups in total. The van der Waals surface area contributed by atoms with Crippen molar-refractivity contribution in [2.45, 2.75) is 6.92 Å². The smallest absolute Gasteiger partial charge is 0.251 e. The number of aromatic amines is 1. The van der Waals surface area contributed by atoms with Crippen molar-refractivity contribution in [1.82, 2.24) is 9.55 Å². The molecule has 1 heterocycles. The zero-order valence-electron chi connectivity index (χ0n) is 5.83. The van der Waals surface area contributed by atoms with Gasteiger partial charge >= 0.3 is 0 Å². The molecule has 0 aromatic carbocycles. The molecular formula is C6H6N2O2S. The fraction of sp³-hybridized carbons (Fsp3) is 0.167. The number of nitrogens with one attached hydrogen (secondary N) is 1. The first kappa shape index (κ1) is 7.87. The van der Waals surface area contributed by atoms with Gasteiger partial charge in [0.1, 0.15) is 0 Å². The highest BCUT2D eigenvalue weighted by Crippen LogP contribution is 1.84. The molecule has 4 nitrogen and oxygen atoms in total. The van der Waals surface area contributed by atoms with Gasteiger partial charge in [-0.05, 0) is 12.2 Å². The molecule has 0 spiro atoms. The second-order valence-electron chi connectivity index (χ2n) is 2.00. The van der Waals surface area contributed by atoms with E-state index in [9.17, 15) is 9.59 Å². The first-order chi connectivity index (χ1) is 5.11. The Balaban J connectivity index is 3.43. The van der Waals surface area contributed by atoms with Gasteiger partial charge in [0.2, 0.25) is 5.91 Å². The maximum Gasteiger partial charge on any atom is 0.251 e. The van der Waals surface area contributed by atoms with Gasteiger partial charge in [-0.2, -0.15) is 0 Å². The molecule has 0 bridgehead atoms. The van der Waals surface area contributed by atoms with Crippen molar-refractivity contribution in [1.29, 1.82) is 0 Å². The van der Waals surface area contributed by atoms with Gasteiger partial charge in [0.05, 0.1) is 0 Å². The summed E-state index contributed by atoms with van der Waals surface area (Å²) < 4.78 is 1.32. The quantitative estimate of drug-likeness (QED) is 0.579. The van der Waals surface area contributed by atoms with Crippen LogP contribution in [0.5, 0.6) is 0 Å². The first-order valence-corrected chi connectivity index (χ1v) is 3.35. The number of hydrogen-bond acceptors (Lipinski definition) is 3. The average Bonchev–Trinajstić information content (AvgIpc) is 1.85. The molecule has 58 valence electrons. The van der Waals surface area contributed by atoms with Gasteiger partial charge in [-0.25, -0.2) is 0 Å². The predicted molar refractivity (Wildman–Crippen MR) is 42.2 cm³/mol. The third-order valence-electron chi connectivity index (χ3n) is 1.16. The van der Waals surface area contributed by atoms with Crippen molar-refractivity contribution in [3.05, 3.63) is 27.4 Å². The van der Waals surface area contributed by atoms with Gasteiger partial charge in [0, 0.05) is 19.2 Å². The van der Waals surface area contributed by atoms with Gasteiger partial charge in [-0.15, -0.1) is 0 Å². The minimum absolute atomic E-state index is 0.130. The van der Waals surface area contributed by atoms with E-state index in [0.717, 1.165) is 0 Å². The van der Waals surface area contributed by atoms with Gasteiger partial charge in [-0.1, -0.05) is 0 Å². The number of H-pyrrole nitrogens is 1. The van der Waals surface area contributed by atoms with Gasteiger partial charge in [0.15, 0.2) is 4.77 Å². The fourth-order valence-corrected chi connectivity index (χ4v) is 0.955. The van der Waals surface area contributed by atoms with Crippen molar-refractivity contribution < 1.29 is 4.79 Å². The Morgan fingerprint density at radius 2 is 2.36 bits per heavy atom. The molecule has 0 aliphatic carbocycles. The third kappa shape index (κ3) is 1.62. The molecule has 0 atom stereocenters. The Morgan fingerprint density at radius 1 is 1.73 bits per heavy atom. The van der Waals surface area contributed by atoms with Crippen LogP contribution in [-0.2, 0) is 0 Å². The number of carbonyl (C=O) groups is 1. The van der Waals surface area contributed by atoms with Crippen LogP contribution in [0.15, 0.2) is 17.1 Å². The molecule has 0 unspecified atom stereocenters. The number of aromatic nitrogens is 2. The summed E-state index contributed by atoms with van der Waals surface area (Å²) in [7, 11) is 0. The molecule has 0 amide bonds. The highest BCUT2D eigenvalue weighted by atomic mass is 32.1. The van der Waals surface area contributed by atoms with Crippen molar-refractivity contribution in [2.75, 3.05) is 0 Å². The molecule has 1 rings (SSSR count). The second kappa shape index (κ2) is 2.79. The van der Waals surface area contributed by atoms with E-state index >= 15 is 0 Å². The monoisotopic (exact) mass is 170 g/mol. The molecule has 0 aliphatic rings. The molecule has 0 aliphatic heterocycles. The number of carbonyl (C=O) groups excluding carboxylic acids is 1. The highest BCUT2D eigenvalue weighted by Gasteiger charge is 1.95. The van der Waals surface area contributed by atoms with E-state index in [1.165, 1.54) is 23.8 Å². The predicted octanol–water partition coefficient (Wildman–Crippen LogP) is 0.566. The average molecular weight is 170 g/mol. The number of nitrogens with zero attached hydrogens (tertiary/aromatic N) is 1. The van der Waals surface area contributed by atoms with E-state index in [1.807, 2.05) is 0 Å². The Hall–Kier alpha value is -1.23. The molecular weight excluding hydrogens is 164 g/mol. The summed E-state index contributed by atoms with van der Waals surface area (Å²) in [6.07, 6.45) is 1.35. The molecule has 5 heteroatoms. The standard InChI is InChI=1S/C6H6N2O2S/c1-4(9)8-3-2-5(10)7-6(8)11/h2-3H,1H3,(H,7,10,11). The molecule has 1 aromatic rings. The van der Waals surface area contributed by atoms with E-state index in [0.29, 0.717) is 0 Å². The Kier molecular flexibility index (Phi) is 2.00. The Morgan fingerprint density at radius 3 is 2.82 bits per heavy atom. The second-order valence-corrected chi connectivity index (χ2v) is 2.39. The van der Waals surface area contributed by atoms with Crippen LogP contribution in [0.1, 0.15) is 11.7 Å². The SMILES string of the molecule is CC(=O)n1ccc(=O)[nH]c1=S. The lowest BCUT2D eigenvalue weighted by Crippen LogP contribution is -2.14. The van der Waals surface area contributed by atoms with E-state index in [4.69, 9.17) is 12.2 Å². The van der Waals surface area contributed by atoms with Crippen LogP contribution >= 0.6 is 12.2 Å². The van der Waals surface area contributed by atoms with Crippen molar-refractivity contribution in [3.63, 3.8) is 0 Å². The third-order valence-corrected chi connectivity index (χ3v) is 1.46. The lowest BCUT2D eigenvalue weighted by molar-refractivity contribution is 0.0933. The van der Waals surface area contributed by atoms with Crippen molar-refractivity contribution >= 4 is 18.1 Å². The molecule has 0 fully saturated rings. The Bertz CT molecular complexity index is 390. The minimum Gasteiger partial charge on any atom is -0.299 e. The van der Waals surface area contributed by atoms with Gasteiger partial charge in [-0.3, -0.25) is 19.1 Å². The normalized spacial score (nSPS) is 9.55. The maximum atomic E-state index is 10.8. The summed E-state index contributed by atoms with van der Waals surface area (Å²) in [5.41, 5.74) is -0.299. The summed E-state index contributed by atoms with van der Waals surface area (Å²) in [4.78, 5) is 23.7. The van der Waals surface area contributed by atoms with Crippen LogP contribution in [0.25, 0.3) is 0 Å². The molecule has 0 saturated carbocycles. The van der Waals surface area contributed by atoms with E-state index in [-0.39, 0.29) is 16.2 Å². The van der Waals surface area contributed by atoms with Gasteiger partial charge < -0.3 is 0 Å². The van der Waals surface area contributed by atoms with Crippen LogP contribution in [0.2, 0.25) is 0 Å².